The van der Waals surface area contributed by atoms with Gasteiger partial charge in [0.15, 0.2) is 5.82 Å². The topological polar surface area (TPSA) is 91.7 Å². The number of nitriles is 1. The summed E-state index contributed by atoms with van der Waals surface area (Å²) in [5, 5.41) is 9.27. The van der Waals surface area contributed by atoms with Crippen LogP contribution >= 0.6 is 0 Å². The number of nitrogens with one attached hydrogen (secondary N) is 1. The van der Waals surface area contributed by atoms with Crippen molar-refractivity contribution in [2.45, 2.75) is 0 Å². The summed E-state index contributed by atoms with van der Waals surface area (Å²) in [6.45, 7) is 0. The number of aromatic amines is 1. The normalized spacial score (nSPS) is 10.1. The molecule has 0 radical (unpaired) electrons. The largest absolute Gasteiger partial charge is 0.497 e. The highest BCUT2D eigenvalue weighted by Gasteiger charge is 2.14. The summed E-state index contributed by atoms with van der Waals surface area (Å²) in [6, 6.07) is 14.2. The zero-order valence-electron chi connectivity index (χ0n) is 12.3. The average Bonchev–Trinajstić information content (AvgIpc) is 2.62. The highest BCUT2D eigenvalue weighted by atomic mass is 16.5. The van der Waals surface area contributed by atoms with Crippen molar-refractivity contribution in [3.63, 3.8) is 0 Å². The number of hydrogen-bond donors (Lipinski definition) is 1. The van der Waals surface area contributed by atoms with Crippen molar-refractivity contribution in [3.8, 4) is 34.6 Å². The number of methoxy groups -OCH3 is 1. The minimum atomic E-state index is -0.492. The fourth-order valence-corrected chi connectivity index (χ4v) is 2.16. The molecule has 0 atom stereocenters. The van der Waals surface area contributed by atoms with Crippen LogP contribution in [0, 0.1) is 11.3 Å². The zero-order chi connectivity index (χ0) is 16.2. The lowest BCUT2D eigenvalue weighted by Crippen LogP contribution is -2.15. The minimum Gasteiger partial charge on any atom is -0.497 e. The van der Waals surface area contributed by atoms with E-state index in [-0.39, 0.29) is 5.56 Å². The van der Waals surface area contributed by atoms with E-state index in [1.54, 1.807) is 55.8 Å². The molecule has 2 heterocycles. The number of H-pyrrole nitrogens is 1. The van der Waals surface area contributed by atoms with Gasteiger partial charge in [-0.2, -0.15) is 5.26 Å². The van der Waals surface area contributed by atoms with Gasteiger partial charge < -0.3 is 9.72 Å². The molecular formula is C17H12N4O2. The van der Waals surface area contributed by atoms with Gasteiger partial charge in [0.25, 0.3) is 5.56 Å². The lowest BCUT2D eigenvalue weighted by Gasteiger charge is -2.07. The Kier molecular flexibility index (Phi) is 3.85. The van der Waals surface area contributed by atoms with Gasteiger partial charge in [0.2, 0.25) is 0 Å². The van der Waals surface area contributed by atoms with Crippen molar-refractivity contribution in [2.24, 2.45) is 0 Å². The Morgan fingerprint density at radius 2 is 1.96 bits per heavy atom. The van der Waals surface area contributed by atoms with Gasteiger partial charge in [-0.25, -0.2) is 4.98 Å². The number of pyridine rings is 1. The Labute approximate surface area is 132 Å². The molecule has 0 aliphatic heterocycles. The second kappa shape index (κ2) is 6.12. The summed E-state index contributed by atoms with van der Waals surface area (Å²) in [4.78, 5) is 23.4. The third-order valence-electron chi connectivity index (χ3n) is 3.30. The van der Waals surface area contributed by atoms with Crippen molar-refractivity contribution in [1.82, 2.24) is 15.0 Å². The minimum absolute atomic E-state index is 0.0325. The van der Waals surface area contributed by atoms with Gasteiger partial charge >= 0.3 is 0 Å². The predicted molar refractivity (Wildman–Crippen MR) is 84.8 cm³/mol. The Hall–Kier alpha value is -3.46. The number of nitrogens with zero attached hydrogens (tertiary/aromatic N) is 3. The van der Waals surface area contributed by atoms with Crippen molar-refractivity contribution < 1.29 is 4.74 Å². The van der Waals surface area contributed by atoms with Crippen LogP contribution in [0.2, 0.25) is 0 Å². The highest BCUT2D eigenvalue weighted by molar-refractivity contribution is 5.68. The van der Waals surface area contributed by atoms with E-state index in [4.69, 9.17) is 4.74 Å². The Bertz CT molecular complexity index is 926. The van der Waals surface area contributed by atoms with Gasteiger partial charge in [-0.15, -0.1) is 0 Å². The molecule has 0 unspecified atom stereocenters. The SMILES string of the molecule is COc1ccc(-c2nc(-c3ccccn3)[nH]c(=O)c2C#N)cc1. The van der Waals surface area contributed by atoms with E-state index in [0.717, 1.165) is 0 Å². The van der Waals surface area contributed by atoms with E-state index in [2.05, 4.69) is 15.0 Å². The van der Waals surface area contributed by atoms with E-state index < -0.39 is 5.56 Å². The van der Waals surface area contributed by atoms with Crippen molar-refractivity contribution in [2.75, 3.05) is 7.11 Å². The predicted octanol–water partition coefficient (Wildman–Crippen LogP) is 2.38. The standard InChI is InChI=1S/C17H12N4O2/c1-23-12-7-5-11(6-8-12)15-13(10-18)17(22)21-16(20-15)14-4-2-3-9-19-14/h2-9H,1H3,(H,20,21,22). The molecule has 112 valence electrons. The molecule has 0 saturated carbocycles. The molecule has 0 amide bonds. The molecule has 23 heavy (non-hydrogen) atoms. The van der Waals surface area contributed by atoms with Gasteiger partial charge in [-0.1, -0.05) is 6.07 Å². The molecular weight excluding hydrogens is 292 g/mol. The van der Waals surface area contributed by atoms with Crippen LogP contribution < -0.4 is 10.3 Å². The molecule has 6 heteroatoms. The van der Waals surface area contributed by atoms with Crippen molar-refractivity contribution in [1.29, 1.82) is 5.26 Å². The molecule has 0 aliphatic carbocycles. The van der Waals surface area contributed by atoms with E-state index in [0.29, 0.717) is 28.5 Å². The van der Waals surface area contributed by atoms with Crippen LogP contribution in [0.5, 0.6) is 5.75 Å². The number of ether oxygens (including phenoxy) is 1. The number of hydrogen-bond acceptors (Lipinski definition) is 5. The number of benzene rings is 1. The van der Waals surface area contributed by atoms with Crippen LogP contribution in [-0.4, -0.2) is 22.1 Å². The second-order valence-corrected chi connectivity index (χ2v) is 4.69. The van der Waals surface area contributed by atoms with Gasteiger partial charge in [-0.05, 0) is 36.4 Å². The first-order valence-corrected chi connectivity index (χ1v) is 6.83. The Morgan fingerprint density at radius 3 is 2.57 bits per heavy atom. The summed E-state index contributed by atoms with van der Waals surface area (Å²) in [7, 11) is 1.57. The average molecular weight is 304 g/mol. The molecule has 1 aromatic carbocycles. The summed E-state index contributed by atoms with van der Waals surface area (Å²) in [5.74, 6) is 1.00. The molecule has 0 saturated heterocycles. The Morgan fingerprint density at radius 1 is 1.17 bits per heavy atom. The van der Waals surface area contributed by atoms with Crippen LogP contribution in [0.15, 0.2) is 53.5 Å². The van der Waals surface area contributed by atoms with Gasteiger partial charge in [0, 0.05) is 11.8 Å². The summed E-state index contributed by atoms with van der Waals surface area (Å²) in [5.41, 5.74) is 0.984. The summed E-state index contributed by atoms with van der Waals surface area (Å²) in [6.07, 6.45) is 1.61. The van der Waals surface area contributed by atoms with Crippen LogP contribution in [0.4, 0.5) is 0 Å². The first-order chi connectivity index (χ1) is 11.2. The van der Waals surface area contributed by atoms with Gasteiger partial charge in [0.1, 0.15) is 23.1 Å². The van der Waals surface area contributed by atoms with E-state index >= 15 is 0 Å². The van der Waals surface area contributed by atoms with Crippen LogP contribution in [0.3, 0.4) is 0 Å². The highest BCUT2D eigenvalue weighted by Crippen LogP contribution is 2.23. The molecule has 1 N–H and O–H groups in total. The summed E-state index contributed by atoms with van der Waals surface area (Å²) < 4.78 is 5.12. The monoisotopic (exact) mass is 304 g/mol. The smallest absolute Gasteiger partial charge is 0.269 e. The van der Waals surface area contributed by atoms with Crippen molar-refractivity contribution >= 4 is 0 Å². The molecule has 0 aliphatic rings. The molecule has 2 aromatic heterocycles. The van der Waals surface area contributed by atoms with E-state index in [9.17, 15) is 10.1 Å². The van der Waals surface area contributed by atoms with E-state index in [1.165, 1.54) is 0 Å². The van der Waals surface area contributed by atoms with Crippen LogP contribution in [0.1, 0.15) is 5.56 Å². The molecule has 0 fully saturated rings. The van der Waals surface area contributed by atoms with Crippen LogP contribution in [0.25, 0.3) is 22.8 Å². The number of rotatable bonds is 3. The third kappa shape index (κ3) is 2.80. The maximum atomic E-state index is 12.2. The number of aromatic nitrogens is 3. The maximum absolute atomic E-state index is 12.2. The quantitative estimate of drug-likeness (QED) is 0.802. The first-order valence-electron chi connectivity index (χ1n) is 6.83. The first kappa shape index (κ1) is 14.5. The fraction of sp³-hybridized carbons (Fsp3) is 0.0588. The van der Waals surface area contributed by atoms with Crippen LogP contribution in [-0.2, 0) is 0 Å². The Balaban J connectivity index is 2.20. The fourth-order valence-electron chi connectivity index (χ4n) is 2.16. The van der Waals surface area contributed by atoms with Gasteiger partial charge in [-0.3, -0.25) is 9.78 Å². The third-order valence-corrected chi connectivity index (χ3v) is 3.30. The molecule has 0 spiro atoms. The summed E-state index contributed by atoms with van der Waals surface area (Å²) >= 11 is 0. The second-order valence-electron chi connectivity index (χ2n) is 4.69. The maximum Gasteiger partial charge on any atom is 0.269 e. The molecule has 3 rings (SSSR count). The lowest BCUT2D eigenvalue weighted by atomic mass is 10.1. The lowest BCUT2D eigenvalue weighted by molar-refractivity contribution is 0.415. The molecule has 6 nitrogen and oxygen atoms in total. The van der Waals surface area contributed by atoms with E-state index in [1.807, 2.05) is 6.07 Å². The molecule has 0 bridgehead atoms. The zero-order valence-corrected chi connectivity index (χ0v) is 12.3. The van der Waals surface area contributed by atoms with Gasteiger partial charge in [0.05, 0.1) is 12.8 Å². The molecule has 3 aromatic rings. The van der Waals surface area contributed by atoms with Crippen molar-refractivity contribution in [3.05, 3.63) is 64.6 Å².